The van der Waals surface area contributed by atoms with Gasteiger partial charge in [0.2, 0.25) is 5.91 Å². The summed E-state index contributed by atoms with van der Waals surface area (Å²) in [5.41, 5.74) is 2.88. The van der Waals surface area contributed by atoms with Crippen LogP contribution < -0.4 is 5.32 Å². The first-order valence-electron chi connectivity index (χ1n) is 10.6. The molecule has 3 aromatic heterocycles. The highest BCUT2D eigenvalue weighted by Crippen LogP contribution is 2.24. The molecule has 0 radical (unpaired) electrons. The average Bonchev–Trinajstić information content (AvgIpc) is 3.51. The fourth-order valence-electron chi connectivity index (χ4n) is 3.33. The van der Waals surface area contributed by atoms with Gasteiger partial charge in [0, 0.05) is 67.5 Å². The minimum absolute atomic E-state index is 0.201. The van der Waals surface area contributed by atoms with Gasteiger partial charge in [-0.25, -0.2) is 18.1 Å². The molecule has 0 saturated heterocycles. The van der Waals surface area contributed by atoms with Crippen molar-refractivity contribution < 1.29 is 13.2 Å². The molecular formula is C24H24N6O3S. The van der Waals surface area contributed by atoms with Gasteiger partial charge in [0.25, 0.3) is 0 Å². The Hall–Kier alpha value is -4.05. The first kappa shape index (κ1) is 23.1. The summed E-state index contributed by atoms with van der Waals surface area (Å²) in [6.45, 7) is 1.32. The molecule has 9 nitrogen and oxygen atoms in total. The Morgan fingerprint density at radius 1 is 1.12 bits per heavy atom. The molecule has 4 aromatic rings. The summed E-state index contributed by atoms with van der Waals surface area (Å²) in [6, 6.07) is 10.2. The second-order valence-electron chi connectivity index (χ2n) is 7.66. The van der Waals surface area contributed by atoms with Gasteiger partial charge in [-0.1, -0.05) is 0 Å². The highest BCUT2D eigenvalue weighted by Gasteiger charge is 2.12. The maximum atomic E-state index is 12.3. The first-order valence-corrected chi connectivity index (χ1v) is 12.5. The van der Waals surface area contributed by atoms with Crippen molar-refractivity contribution in [1.82, 2.24) is 29.6 Å². The molecule has 0 atom stereocenters. The van der Waals surface area contributed by atoms with Crippen molar-refractivity contribution in [2.24, 2.45) is 0 Å². The zero-order valence-corrected chi connectivity index (χ0v) is 19.4. The summed E-state index contributed by atoms with van der Waals surface area (Å²) >= 11 is 0. The molecule has 1 aromatic carbocycles. The van der Waals surface area contributed by atoms with Crippen LogP contribution >= 0.6 is 0 Å². The number of aromatic nitrogens is 5. The van der Waals surface area contributed by atoms with Gasteiger partial charge in [0.05, 0.1) is 16.9 Å². The quantitative estimate of drug-likeness (QED) is 0.294. The van der Waals surface area contributed by atoms with Gasteiger partial charge in [0.15, 0.2) is 9.84 Å². The van der Waals surface area contributed by atoms with E-state index in [9.17, 15) is 13.2 Å². The lowest BCUT2D eigenvalue weighted by Crippen LogP contribution is -2.22. The summed E-state index contributed by atoms with van der Waals surface area (Å²) < 4.78 is 27.1. The lowest BCUT2D eigenvalue weighted by molar-refractivity contribution is -0.116. The predicted octanol–water partition coefficient (Wildman–Crippen LogP) is 2.75. The molecule has 4 rings (SSSR count). The molecule has 3 heterocycles. The van der Waals surface area contributed by atoms with Gasteiger partial charge in [0.1, 0.15) is 5.69 Å². The van der Waals surface area contributed by atoms with Crippen LogP contribution in [0.1, 0.15) is 12.0 Å². The number of rotatable bonds is 9. The van der Waals surface area contributed by atoms with E-state index in [1.165, 1.54) is 12.3 Å². The fraction of sp³-hybridized carbons (Fsp3) is 0.167. The van der Waals surface area contributed by atoms with Crippen molar-refractivity contribution >= 4 is 21.8 Å². The monoisotopic (exact) mass is 476 g/mol. The van der Waals surface area contributed by atoms with E-state index in [-0.39, 0.29) is 10.8 Å². The molecule has 0 aliphatic carbocycles. The summed E-state index contributed by atoms with van der Waals surface area (Å²) in [5.74, 6) is -0.201. The number of imidazole rings is 1. The number of hydrogen-bond donors (Lipinski definition) is 1. The second-order valence-corrected chi connectivity index (χ2v) is 9.68. The van der Waals surface area contributed by atoms with Crippen molar-refractivity contribution in [1.29, 1.82) is 0 Å². The van der Waals surface area contributed by atoms with E-state index in [4.69, 9.17) is 0 Å². The number of benzene rings is 1. The van der Waals surface area contributed by atoms with E-state index in [1.54, 1.807) is 66.1 Å². The Kier molecular flexibility index (Phi) is 6.98. The summed E-state index contributed by atoms with van der Waals surface area (Å²) in [6.07, 6.45) is 15.7. The normalized spacial score (nSPS) is 11.7. The van der Waals surface area contributed by atoms with Crippen molar-refractivity contribution in [3.8, 4) is 16.9 Å². The van der Waals surface area contributed by atoms with Gasteiger partial charge in [-0.05, 0) is 48.9 Å². The number of aryl methyl sites for hydroxylation is 1. The molecule has 0 bridgehead atoms. The molecule has 0 spiro atoms. The van der Waals surface area contributed by atoms with E-state index in [0.717, 1.165) is 24.1 Å². The molecule has 0 saturated carbocycles. The highest BCUT2D eigenvalue weighted by atomic mass is 32.2. The lowest BCUT2D eigenvalue weighted by atomic mass is 10.1. The molecule has 0 fully saturated rings. The van der Waals surface area contributed by atoms with Crippen LogP contribution in [0.4, 0.5) is 0 Å². The second kappa shape index (κ2) is 10.3. The van der Waals surface area contributed by atoms with Crippen LogP contribution in [-0.2, 0) is 21.2 Å². The lowest BCUT2D eigenvalue weighted by Gasteiger charge is -2.03. The zero-order valence-electron chi connectivity index (χ0n) is 18.6. The van der Waals surface area contributed by atoms with Crippen molar-refractivity contribution in [2.75, 3.05) is 12.8 Å². The Morgan fingerprint density at radius 2 is 1.94 bits per heavy atom. The zero-order chi connectivity index (χ0) is 24.0. The van der Waals surface area contributed by atoms with Crippen molar-refractivity contribution in [3.63, 3.8) is 0 Å². The van der Waals surface area contributed by atoms with Crippen LogP contribution in [0.25, 0.3) is 23.0 Å². The molecule has 0 aliphatic heterocycles. The van der Waals surface area contributed by atoms with Crippen LogP contribution in [-0.4, -0.2) is 51.4 Å². The van der Waals surface area contributed by atoms with Gasteiger partial charge in [-0.15, -0.1) is 0 Å². The van der Waals surface area contributed by atoms with Gasteiger partial charge >= 0.3 is 0 Å². The van der Waals surface area contributed by atoms with E-state index < -0.39 is 9.84 Å². The van der Waals surface area contributed by atoms with Crippen LogP contribution in [0.2, 0.25) is 0 Å². The number of sulfone groups is 1. The molecule has 1 N–H and O–H groups in total. The first-order chi connectivity index (χ1) is 16.4. The highest BCUT2D eigenvalue weighted by molar-refractivity contribution is 7.90. The molecule has 0 aliphatic rings. The van der Waals surface area contributed by atoms with E-state index in [2.05, 4.69) is 20.4 Å². The summed E-state index contributed by atoms with van der Waals surface area (Å²) in [7, 11) is -3.29. The average molecular weight is 477 g/mol. The standard InChI is InChI=1S/C24H24N6O3S/c1-34(32,33)22-8-6-21(7-9-22)30-17-20(24(28-30)19-4-2-11-25-16-19)5-10-23(31)27-12-3-14-29-15-13-26-18-29/h2,4-11,13,15-18H,3,12,14H2,1H3,(H,27,31)/b10-5+. The number of carbonyl (C=O) groups excluding carboxylic acids is 1. The largest absolute Gasteiger partial charge is 0.352 e. The van der Waals surface area contributed by atoms with Crippen molar-refractivity contribution in [3.05, 3.63) is 85.3 Å². The molecule has 0 unspecified atom stereocenters. The third-order valence-electron chi connectivity index (χ3n) is 5.07. The van der Waals surface area contributed by atoms with Gasteiger partial charge in [-0.2, -0.15) is 5.10 Å². The summed E-state index contributed by atoms with van der Waals surface area (Å²) in [5, 5.41) is 7.54. The van der Waals surface area contributed by atoms with Crippen LogP contribution in [0.15, 0.2) is 84.7 Å². The molecule has 34 heavy (non-hydrogen) atoms. The number of nitrogens with one attached hydrogen (secondary N) is 1. The smallest absolute Gasteiger partial charge is 0.244 e. The number of carbonyl (C=O) groups is 1. The van der Waals surface area contributed by atoms with E-state index >= 15 is 0 Å². The van der Waals surface area contributed by atoms with Gasteiger partial charge < -0.3 is 9.88 Å². The minimum atomic E-state index is -3.29. The van der Waals surface area contributed by atoms with Crippen molar-refractivity contribution in [2.45, 2.75) is 17.9 Å². The van der Waals surface area contributed by atoms with E-state index in [0.29, 0.717) is 17.9 Å². The van der Waals surface area contributed by atoms with E-state index in [1.807, 2.05) is 22.9 Å². The molecular weight excluding hydrogens is 452 g/mol. The number of hydrogen-bond acceptors (Lipinski definition) is 6. The predicted molar refractivity (Wildman–Crippen MR) is 129 cm³/mol. The minimum Gasteiger partial charge on any atom is -0.352 e. The molecule has 10 heteroatoms. The van der Waals surface area contributed by atoms with Crippen LogP contribution in [0.5, 0.6) is 0 Å². The third kappa shape index (κ3) is 5.84. The summed E-state index contributed by atoms with van der Waals surface area (Å²) in [4.78, 5) is 20.7. The molecule has 1 amide bonds. The third-order valence-corrected chi connectivity index (χ3v) is 6.20. The number of amides is 1. The molecule has 174 valence electrons. The van der Waals surface area contributed by atoms with Gasteiger partial charge in [-0.3, -0.25) is 9.78 Å². The van der Waals surface area contributed by atoms with Crippen LogP contribution in [0.3, 0.4) is 0 Å². The van der Waals surface area contributed by atoms with Crippen LogP contribution in [0, 0.1) is 0 Å². The maximum absolute atomic E-state index is 12.3. The number of pyridine rings is 1. The Balaban J connectivity index is 1.51. The Morgan fingerprint density at radius 3 is 2.62 bits per heavy atom. The Labute approximate surface area is 197 Å². The maximum Gasteiger partial charge on any atom is 0.244 e. The fourth-order valence-corrected chi connectivity index (χ4v) is 3.96. The Bertz CT molecular complexity index is 1380. The SMILES string of the molecule is CS(=O)(=O)c1ccc(-n2cc(/C=C/C(=O)NCCCn3ccnc3)c(-c3cccnc3)n2)cc1. The number of nitrogens with zero attached hydrogens (tertiary/aromatic N) is 5. The topological polar surface area (TPSA) is 112 Å².